The van der Waals surface area contributed by atoms with Crippen molar-refractivity contribution < 1.29 is 0 Å². The third-order valence-electron chi connectivity index (χ3n) is 3.03. The van der Waals surface area contributed by atoms with Gasteiger partial charge < -0.3 is 5.73 Å². The van der Waals surface area contributed by atoms with E-state index < -0.39 is 0 Å². The first-order valence-corrected chi connectivity index (χ1v) is 6.39. The van der Waals surface area contributed by atoms with Gasteiger partial charge in [-0.05, 0) is 29.3 Å². The zero-order chi connectivity index (χ0) is 12.3. The summed E-state index contributed by atoms with van der Waals surface area (Å²) in [4.78, 5) is 4.03. The van der Waals surface area contributed by atoms with Gasteiger partial charge in [0.1, 0.15) is 0 Å². The maximum Gasteiger partial charge on any atom is 0.0373 e. The van der Waals surface area contributed by atoms with Crippen molar-refractivity contribution in [3.63, 3.8) is 0 Å². The molecule has 0 aliphatic heterocycles. The average molecular weight is 291 g/mol. The molecule has 2 N–H and O–H groups in total. The molecular formula is C14H15BrN2. The number of rotatable bonds is 3. The summed E-state index contributed by atoms with van der Waals surface area (Å²) in [5.41, 5.74) is 8.67. The van der Waals surface area contributed by atoms with Gasteiger partial charge in [-0.15, -0.1) is 0 Å². The number of aromatic nitrogens is 1. The minimum absolute atomic E-state index is 0.0204. The Balaban J connectivity index is 2.27. The number of hydrogen-bond acceptors (Lipinski definition) is 2. The molecular weight excluding hydrogens is 276 g/mol. The highest BCUT2D eigenvalue weighted by Gasteiger charge is 2.18. The van der Waals surface area contributed by atoms with Crippen molar-refractivity contribution in [1.29, 1.82) is 0 Å². The van der Waals surface area contributed by atoms with Crippen LogP contribution >= 0.6 is 15.9 Å². The molecule has 0 saturated carbocycles. The van der Waals surface area contributed by atoms with E-state index in [9.17, 15) is 0 Å². The molecule has 2 unspecified atom stereocenters. The third kappa shape index (κ3) is 2.73. The van der Waals surface area contributed by atoms with E-state index in [1.807, 2.05) is 30.3 Å². The molecule has 2 aromatic rings. The molecule has 0 fully saturated rings. The highest BCUT2D eigenvalue weighted by molar-refractivity contribution is 9.10. The number of nitrogens with two attached hydrogens (primary N) is 1. The van der Waals surface area contributed by atoms with Crippen molar-refractivity contribution in [2.24, 2.45) is 5.73 Å². The molecule has 0 aliphatic rings. The van der Waals surface area contributed by atoms with Crippen molar-refractivity contribution in [3.8, 4) is 0 Å². The molecule has 1 aromatic heterocycles. The summed E-state index contributed by atoms with van der Waals surface area (Å²) in [5, 5.41) is 0. The minimum atomic E-state index is -0.0204. The minimum Gasteiger partial charge on any atom is -0.323 e. The Morgan fingerprint density at radius 1 is 1.12 bits per heavy atom. The Morgan fingerprint density at radius 2 is 1.76 bits per heavy atom. The van der Waals surface area contributed by atoms with Gasteiger partial charge in [-0.25, -0.2) is 0 Å². The summed E-state index contributed by atoms with van der Waals surface area (Å²) in [7, 11) is 0. The molecule has 0 saturated heterocycles. The number of halogens is 1. The topological polar surface area (TPSA) is 38.9 Å². The molecule has 0 spiro atoms. The second kappa shape index (κ2) is 5.43. The predicted octanol–water partition coefficient (Wildman–Crippen LogP) is 3.65. The van der Waals surface area contributed by atoms with Crippen LogP contribution in [0.1, 0.15) is 30.0 Å². The van der Waals surface area contributed by atoms with E-state index in [0.717, 1.165) is 10.0 Å². The number of pyridine rings is 1. The second-order valence-electron chi connectivity index (χ2n) is 4.12. The van der Waals surface area contributed by atoms with Gasteiger partial charge in [0.2, 0.25) is 0 Å². The highest BCUT2D eigenvalue weighted by Crippen LogP contribution is 2.32. The molecule has 2 atom stereocenters. The molecule has 2 rings (SSSR count). The van der Waals surface area contributed by atoms with Crippen LogP contribution in [0.4, 0.5) is 0 Å². The van der Waals surface area contributed by atoms with Crippen molar-refractivity contribution in [1.82, 2.24) is 4.98 Å². The molecule has 0 radical (unpaired) electrons. The fourth-order valence-corrected chi connectivity index (χ4v) is 2.44. The van der Waals surface area contributed by atoms with Crippen molar-refractivity contribution in [2.75, 3.05) is 0 Å². The van der Waals surface area contributed by atoms with E-state index in [2.05, 4.69) is 33.9 Å². The SMILES string of the molecule is CC(c1ccncc1)C(N)c1ccccc1Br. The van der Waals surface area contributed by atoms with Gasteiger partial charge in [-0.1, -0.05) is 41.1 Å². The van der Waals surface area contributed by atoms with Crippen LogP contribution in [0.5, 0.6) is 0 Å². The van der Waals surface area contributed by atoms with Gasteiger partial charge in [0.25, 0.3) is 0 Å². The van der Waals surface area contributed by atoms with E-state index in [1.165, 1.54) is 5.56 Å². The number of benzene rings is 1. The first kappa shape index (κ1) is 12.3. The Morgan fingerprint density at radius 3 is 2.41 bits per heavy atom. The lowest BCUT2D eigenvalue weighted by atomic mass is 9.90. The van der Waals surface area contributed by atoms with Gasteiger partial charge in [-0.3, -0.25) is 4.98 Å². The van der Waals surface area contributed by atoms with E-state index >= 15 is 0 Å². The summed E-state index contributed by atoms with van der Waals surface area (Å²) in [5.74, 6) is 0.261. The van der Waals surface area contributed by atoms with Crippen molar-refractivity contribution in [3.05, 3.63) is 64.4 Å². The normalized spacial score (nSPS) is 14.3. The van der Waals surface area contributed by atoms with Crippen LogP contribution in [-0.4, -0.2) is 4.98 Å². The van der Waals surface area contributed by atoms with Gasteiger partial charge in [0.05, 0.1) is 0 Å². The molecule has 88 valence electrons. The zero-order valence-corrected chi connectivity index (χ0v) is 11.3. The monoisotopic (exact) mass is 290 g/mol. The maximum absolute atomic E-state index is 6.32. The average Bonchev–Trinajstić information content (AvgIpc) is 2.39. The summed E-state index contributed by atoms with van der Waals surface area (Å²) in [6.45, 7) is 2.14. The first-order chi connectivity index (χ1) is 8.20. The summed E-state index contributed by atoms with van der Waals surface area (Å²) < 4.78 is 1.06. The Labute approximate surface area is 110 Å². The number of nitrogens with zero attached hydrogens (tertiary/aromatic N) is 1. The van der Waals surface area contributed by atoms with E-state index in [0.29, 0.717) is 0 Å². The molecule has 1 aromatic carbocycles. The third-order valence-corrected chi connectivity index (χ3v) is 3.76. The largest absolute Gasteiger partial charge is 0.323 e. The summed E-state index contributed by atoms with van der Waals surface area (Å²) in [6.07, 6.45) is 3.61. The van der Waals surface area contributed by atoms with Crippen LogP contribution in [0.15, 0.2) is 53.3 Å². The van der Waals surface area contributed by atoms with E-state index in [1.54, 1.807) is 12.4 Å². The van der Waals surface area contributed by atoms with Crippen LogP contribution in [0.25, 0.3) is 0 Å². The Hall–Kier alpha value is -1.19. The molecule has 1 heterocycles. The van der Waals surface area contributed by atoms with Crippen LogP contribution < -0.4 is 5.73 Å². The first-order valence-electron chi connectivity index (χ1n) is 5.60. The molecule has 0 amide bonds. The van der Waals surface area contributed by atoms with Gasteiger partial charge in [-0.2, -0.15) is 0 Å². The second-order valence-corrected chi connectivity index (χ2v) is 4.97. The summed E-state index contributed by atoms with van der Waals surface area (Å²) >= 11 is 3.55. The van der Waals surface area contributed by atoms with E-state index in [4.69, 9.17) is 5.73 Å². The van der Waals surface area contributed by atoms with Gasteiger partial charge in [0.15, 0.2) is 0 Å². The molecule has 17 heavy (non-hydrogen) atoms. The lowest BCUT2D eigenvalue weighted by Crippen LogP contribution is -2.18. The molecule has 0 bridgehead atoms. The standard InChI is InChI=1S/C14H15BrN2/c1-10(11-6-8-17-9-7-11)14(16)12-4-2-3-5-13(12)15/h2-10,14H,16H2,1H3. The quantitative estimate of drug-likeness (QED) is 0.937. The lowest BCUT2D eigenvalue weighted by Gasteiger charge is -2.21. The molecule has 0 aliphatic carbocycles. The number of hydrogen-bond donors (Lipinski definition) is 1. The smallest absolute Gasteiger partial charge is 0.0373 e. The zero-order valence-electron chi connectivity index (χ0n) is 9.68. The lowest BCUT2D eigenvalue weighted by molar-refractivity contribution is 0.595. The Bertz CT molecular complexity index is 485. The van der Waals surface area contributed by atoms with Crippen LogP contribution in [0.2, 0.25) is 0 Å². The van der Waals surface area contributed by atoms with Crippen molar-refractivity contribution in [2.45, 2.75) is 18.9 Å². The predicted molar refractivity (Wildman–Crippen MR) is 73.7 cm³/mol. The van der Waals surface area contributed by atoms with Gasteiger partial charge in [0, 0.05) is 28.8 Å². The van der Waals surface area contributed by atoms with E-state index in [-0.39, 0.29) is 12.0 Å². The summed E-state index contributed by atoms with van der Waals surface area (Å²) in [6, 6.07) is 12.1. The van der Waals surface area contributed by atoms with Crippen LogP contribution in [0, 0.1) is 0 Å². The Kier molecular flexibility index (Phi) is 3.92. The van der Waals surface area contributed by atoms with Gasteiger partial charge >= 0.3 is 0 Å². The highest BCUT2D eigenvalue weighted by atomic mass is 79.9. The van der Waals surface area contributed by atoms with Crippen LogP contribution in [0.3, 0.4) is 0 Å². The molecule has 2 nitrogen and oxygen atoms in total. The van der Waals surface area contributed by atoms with Crippen LogP contribution in [-0.2, 0) is 0 Å². The van der Waals surface area contributed by atoms with Crippen molar-refractivity contribution >= 4 is 15.9 Å². The maximum atomic E-state index is 6.32. The fourth-order valence-electron chi connectivity index (χ4n) is 1.89. The molecule has 3 heteroatoms. The fraction of sp³-hybridized carbons (Fsp3) is 0.214.